The zero-order valence-electron chi connectivity index (χ0n) is 16.3. The summed E-state index contributed by atoms with van der Waals surface area (Å²) in [5, 5.41) is 9.43. The predicted octanol–water partition coefficient (Wildman–Crippen LogP) is 3.74. The van der Waals surface area contributed by atoms with Crippen molar-refractivity contribution in [3.8, 4) is 11.1 Å². The Bertz CT molecular complexity index is 936. The van der Waals surface area contributed by atoms with Crippen molar-refractivity contribution < 1.29 is 33.0 Å². The first-order valence-electron chi connectivity index (χ1n) is 9.55. The smallest absolute Gasteiger partial charge is 0.410 e. The normalized spacial score (nSPS) is 22.8. The zero-order chi connectivity index (χ0) is 21.5. The molecule has 6 nitrogen and oxygen atoms in total. The molecule has 4 rings (SSSR count). The number of carbonyl (C=O) groups is 2. The lowest BCUT2D eigenvalue weighted by Crippen LogP contribution is -2.44. The van der Waals surface area contributed by atoms with E-state index in [2.05, 4.69) is 0 Å². The van der Waals surface area contributed by atoms with E-state index >= 15 is 0 Å². The number of rotatable bonds is 5. The molecule has 1 aliphatic heterocycles. The lowest BCUT2D eigenvalue weighted by atomic mass is 9.98. The lowest BCUT2D eigenvalue weighted by Gasteiger charge is -2.26. The van der Waals surface area contributed by atoms with Gasteiger partial charge in [0, 0.05) is 19.4 Å². The Morgan fingerprint density at radius 2 is 1.70 bits per heavy atom. The Balaban J connectivity index is 1.54. The third-order valence-corrected chi connectivity index (χ3v) is 6.01. The number of hydrogen-bond acceptors (Lipinski definition) is 4. The predicted molar refractivity (Wildman–Crippen MR) is 104 cm³/mol. The highest BCUT2D eigenvalue weighted by atomic mass is 19.3. The van der Waals surface area contributed by atoms with Crippen LogP contribution in [0.1, 0.15) is 23.5 Å². The van der Waals surface area contributed by atoms with Crippen LogP contribution in [0.15, 0.2) is 48.5 Å². The Labute approximate surface area is 172 Å². The second kappa shape index (κ2) is 7.68. The summed E-state index contributed by atoms with van der Waals surface area (Å²) >= 11 is 0. The monoisotopic (exact) mass is 417 g/mol. The summed E-state index contributed by atoms with van der Waals surface area (Å²) < 4.78 is 37.4. The van der Waals surface area contributed by atoms with E-state index in [9.17, 15) is 23.5 Å². The van der Waals surface area contributed by atoms with Crippen molar-refractivity contribution in [2.24, 2.45) is 0 Å². The van der Waals surface area contributed by atoms with Gasteiger partial charge in [-0.15, -0.1) is 0 Å². The quantitative estimate of drug-likeness (QED) is 0.802. The number of carboxylic acid groups (broad SMARTS) is 1. The fourth-order valence-electron chi connectivity index (χ4n) is 4.38. The van der Waals surface area contributed by atoms with Gasteiger partial charge < -0.3 is 14.6 Å². The molecule has 1 amide bonds. The maximum Gasteiger partial charge on any atom is 0.410 e. The minimum absolute atomic E-state index is 0.0235. The van der Waals surface area contributed by atoms with Crippen molar-refractivity contribution in [1.29, 1.82) is 0 Å². The number of methoxy groups -OCH3 is 1. The molecule has 30 heavy (non-hydrogen) atoms. The molecule has 1 aliphatic carbocycles. The number of ether oxygens (including phenoxy) is 2. The van der Waals surface area contributed by atoms with E-state index in [0.29, 0.717) is 0 Å². The number of alkyl halides is 2. The highest BCUT2D eigenvalue weighted by Gasteiger charge is 2.55. The highest BCUT2D eigenvalue weighted by molar-refractivity contribution is 5.82. The van der Waals surface area contributed by atoms with Crippen LogP contribution in [0.2, 0.25) is 0 Å². The highest BCUT2D eigenvalue weighted by Crippen LogP contribution is 2.44. The molecule has 2 aromatic rings. The lowest BCUT2D eigenvalue weighted by molar-refractivity contribution is -0.142. The third-order valence-electron chi connectivity index (χ3n) is 6.01. The largest absolute Gasteiger partial charge is 0.480 e. The van der Waals surface area contributed by atoms with Crippen LogP contribution in [0, 0.1) is 0 Å². The molecule has 158 valence electrons. The summed E-state index contributed by atoms with van der Waals surface area (Å²) in [6.45, 7) is -0.570. The van der Waals surface area contributed by atoms with Crippen LogP contribution in [0.5, 0.6) is 0 Å². The number of halogens is 2. The van der Waals surface area contributed by atoms with Gasteiger partial charge in [-0.3, -0.25) is 4.90 Å². The van der Waals surface area contributed by atoms with Crippen LogP contribution >= 0.6 is 0 Å². The Morgan fingerprint density at radius 1 is 1.13 bits per heavy atom. The summed E-state index contributed by atoms with van der Waals surface area (Å²) in [6, 6.07) is 14.1. The van der Waals surface area contributed by atoms with Crippen molar-refractivity contribution in [3.63, 3.8) is 0 Å². The van der Waals surface area contributed by atoms with Gasteiger partial charge in [-0.05, 0) is 22.3 Å². The van der Waals surface area contributed by atoms with Gasteiger partial charge in [-0.2, -0.15) is 0 Å². The molecule has 1 fully saturated rings. The van der Waals surface area contributed by atoms with Crippen LogP contribution in [-0.2, 0) is 14.3 Å². The van der Waals surface area contributed by atoms with E-state index in [1.807, 2.05) is 48.5 Å². The van der Waals surface area contributed by atoms with Crippen molar-refractivity contribution in [1.82, 2.24) is 4.90 Å². The average Bonchev–Trinajstić information content (AvgIpc) is 3.30. The molecule has 2 aliphatic rings. The molecule has 0 unspecified atom stereocenters. The molecular formula is C22H21F2NO5. The standard InChI is InChI=1S/C22H21F2NO5/c1-29-22(20(23)24)10-18(19(26)27)25(12-22)21(28)30-11-17-15-8-4-2-6-13(15)14-7-3-5-9-16(14)17/h2-9,17-18,20H,10-12H2,1H3,(H,26,27)/t18-,22-/m0/s1. The third kappa shape index (κ3) is 3.21. The number of aliphatic carboxylic acids is 1. The fourth-order valence-corrected chi connectivity index (χ4v) is 4.38. The number of hydrogen-bond donors (Lipinski definition) is 1. The topological polar surface area (TPSA) is 76.1 Å². The maximum absolute atomic E-state index is 13.5. The fraction of sp³-hybridized carbons (Fsp3) is 0.364. The first-order valence-corrected chi connectivity index (χ1v) is 9.55. The number of amides is 1. The van der Waals surface area contributed by atoms with E-state index in [4.69, 9.17) is 9.47 Å². The van der Waals surface area contributed by atoms with Gasteiger partial charge in [0.15, 0.2) is 0 Å². The molecule has 0 bridgehead atoms. The first kappa shape index (κ1) is 20.3. The van der Waals surface area contributed by atoms with Gasteiger partial charge in [0.2, 0.25) is 0 Å². The van der Waals surface area contributed by atoms with Crippen LogP contribution in [0.3, 0.4) is 0 Å². The van der Waals surface area contributed by atoms with Gasteiger partial charge in [0.25, 0.3) is 6.43 Å². The van der Waals surface area contributed by atoms with E-state index in [-0.39, 0.29) is 12.5 Å². The number of benzene rings is 2. The van der Waals surface area contributed by atoms with E-state index in [1.165, 1.54) is 0 Å². The molecule has 1 heterocycles. The van der Waals surface area contributed by atoms with Crippen molar-refractivity contribution in [2.45, 2.75) is 30.4 Å². The molecule has 1 N–H and O–H groups in total. The summed E-state index contributed by atoms with van der Waals surface area (Å²) in [5.74, 6) is -1.59. The van der Waals surface area contributed by atoms with Gasteiger partial charge in [0.05, 0.1) is 6.54 Å². The molecule has 0 radical (unpaired) electrons. The summed E-state index contributed by atoms with van der Waals surface area (Å²) in [7, 11) is 1.09. The molecule has 0 saturated carbocycles. The number of fused-ring (bicyclic) bond motifs is 3. The minimum atomic E-state index is -2.93. The van der Waals surface area contributed by atoms with Crippen LogP contribution in [0.25, 0.3) is 11.1 Å². The summed E-state index contributed by atoms with van der Waals surface area (Å²) in [4.78, 5) is 25.1. The molecule has 2 atom stereocenters. The second-order valence-electron chi connectivity index (χ2n) is 7.56. The molecule has 1 saturated heterocycles. The van der Waals surface area contributed by atoms with Crippen molar-refractivity contribution in [2.75, 3.05) is 20.3 Å². The van der Waals surface area contributed by atoms with Gasteiger partial charge in [-0.1, -0.05) is 48.5 Å². The maximum atomic E-state index is 13.5. The number of nitrogens with zero attached hydrogens (tertiary/aromatic N) is 1. The second-order valence-corrected chi connectivity index (χ2v) is 7.56. The molecule has 0 aromatic heterocycles. The van der Waals surface area contributed by atoms with Crippen molar-refractivity contribution in [3.05, 3.63) is 59.7 Å². The Hall–Kier alpha value is -3.00. The summed E-state index contributed by atoms with van der Waals surface area (Å²) in [5.41, 5.74) is 2.09. The van der Waals surface area contributed by atoms with Gasteiger partial charge >= 0.3 is 12.1 Å². The minimum Gasteiger partial charge on any atom is -0.480 e. The molecule has 2 aromatic carbocycles. The average molecular weight is 417 g/mol. The zero-order valence-corrected chi connectivity index (χ0v) is 16.3. The number of likely N-dealkylation sites (tertiary alicyclic amines) is 1. The first-order chi connectivity index (χ1) is 14.4. The Morgan fingerprint density at radius 3 is 2.20 bits per heavy atom. The number of carboxylic acids is 1. The van der Waals surface area contributed by atoms with Crippen molar-refractivity contribution >= 4 is 12.1 Å². The SMILES string of the molecule is CO[C@@]1(C(F)F)C[C@@H](C(=O)O)N(C(=O)OCC2c3ccccc3-c3ccccc32)C1. The van der Waals surface area contributed by atoms with E-state index < -0.39 is 43.1 Å². The van der Waals surface area contributed by atoms with Gasteiger partial charge in [0.1, 0.15) is 18.2 Å². The van der Waals surface area contributed by atoms with Crippen LogP contribution in [0.4, 0.5) is 13.6 Å². The molecular weight excluding hydrogens is 396 g/mol. The Kier molecular flexibility index (Phi) is 5.19. The van der Waals surface area contributed by atoms with Gasteiger partial charge in [-0.25, -0.2) is 18.4 Å². The van der Waals surface area contributed by atoms with Crippen LogP contribution in [-0.4, -0.2) is 60.4 Å². The van der Waals surface area contributed by atoms with E-state index in [1.54, 1.807) is 0 Å². The number of carbonyl (C=O) groups excluding carboxylic acids is 1. The van der Waals surface area contributed by atoms with E-state index in [0.717, 1.165) is 34.3 Å². The molecule has 0 spiro atoms. The summed E-state index contributed by atoms with van der Waals surface area (Å²) in [6.07, 6.45) is -4.37. The van der Waals surface area contributed by atoms with Crippen LogP contribution < -0.4 is 0 Å². The molecule has 8 heteroatoms.